The van der Waals surface area contributed by atoms with Crippen molar-refractivity contribution in [1.82, 2.24) is 15.2 Å². The van der Waals surface area contributed by atoms with E-state index in [9.17, 15) is 9.18 Å². The topological polar surface area (TPSA) is 45.2 Å². The number of halogens is 3. The highest BCUT2D eigenvalue weighted by Crippen LogP contribution is 2.30. The number of para-hydroxylation sites is 1. The molecule has 7 heteroatoms. The van der Waals surface area contributed by atoms with Crippen LogP contribution in [0.15, 0.2) is 54.6 Å². The Labute approximate surface area is 181 Å². The van der Waals surface area contributed by atoms with Crippen LogP contribution in [0.4, 0.5) is 4.39 Å². The first-order valence-electron chi connectivity index (χ1n) is 9.35. The largest absolute Gasteiger partial charge is 0.338 e. The van der Waals surface area contributed by atoms with Crippen LogP contribution in [0.2, 0.25) is 0 Å². The second-order valence-electron chi connectivity index (χ2n) is 7.47. The van der Waals surface area contributed by atoms with Gasteiger partial charge in [0, 0.05) is 37.1 Å². The molecule has 0 aliphatic carbocycles. The van der Waals surface area contributed by atoms with Crippen LogP contribution in [0.1, 0.15) is 10.4 Å². The van der Waals surface area contributed by atoms with E-state index in [1.54, 1.807) is 12.1 Å². The Hall–Kier alpha value is -2.21. The Morgan fingerprint density at radius 2 is 1.66 bits per heavy atom. The lowest BCUT2D eigenvalue weighted by atomic mass is 10.0. The van der Waals surface area contributed by atoms with Gasteiger partial charge >= 0.3 is 0 Å². The number of aromatic nitrogens is 1. The number of benzene rings is 2. The van der Waals surface area contributed by atoms with Gasteiger partial charge in [-0.2, -0.15) is 0 Å². The van der Waals surface area contributed by atoms with Crippen molar-refractivity contribution in [1.29, 1.82) is 0 Å². The maximum absolute atomic E-state index is 13.3. The molecule has 5 rings (SSSR count). The van der Waals surface area contributed by atoms with Crippen molar-refractivity contribution in [2.45, 2.75) is 0 Å². The lowest BCUT2D eigenvalue weighted by Crippen LogP contribution is -2.32. The number of fused-ring (bicyclic) bond motifs is 2. The second kappa shape index (κ2) is 8.66. The van der Waals surface area contributed by atoms with Gasteiger partial charge in [-0.25, -0.2) is 9.37 Å². The highest BCUT2D eigenvalue weighted by atomic mass is 35.5. The predicted molar refractivity (Wildman–Crippen MR) is 117 cm³/mol. The monoisotopic (exact) mass is 433 g/mol. The second-order valence-corrected chi connectivity index (χ2v) is 7.47. The highest BCUT2D eigenvalue weighted by molar-refractivity contribution is 6.07. The molecule has 29 heavy (non-hydrogen) atoms. The third-order valence-electron chi connectivity index (χ3n) is 5.76. The summed E-state index contributed by atoms with van der Waals surface area (Å²) in [5.74, 6) is 0.886. The number of likely N-dealkylation sites (tertiary alicyclic amines) is 1. The normalized spacial score (nSPS) is 20.1. The molecule has 2 saturated heterocycles. The first-order chi connectivity index (χ1) is 13.2. The number of hydrogen-bond donors (Lipinski definition) is 1. The van der Waals surface area contributed by atoms with Gasteiger partial charge in [0.05, 0.1) is 16.8 Å². The summed E-state index contributed by atoms with van der Waals surface area (Å²) in [7, 11) is 0. The maximum Gasteiger partial charge on any atom is 0.254 e. The fourth-order valence-electron chi connectivity index (χ4n) is 4.31. The molecule has 1 N–H and O–H groups in total. The molecule has 2 fully saturated rings. The number of hydrogen-bond acceptors (Lipinski definition) is 3. The van der Waals surface area contributed by atoms with Crippen LogP contribution in [0.3, 0.4) is 0 Å². The van der Waals surface area contributed by atoms with Gasteiger partial charge in [-0.3, -0.25) is 4.79 Å². The molecule has 0 unspecified atom stereocenters. The molecular weight excluding hydrogens is 412 g/mol. The van der Waals surface area contributed by atoms with Crippen molar-refractivity contribution in [2.24, 2.45) is 11.8 Å². The Morgan fingerprint density at radius 1 is 1.00 bits per heavy atom. The molecule has 3 heterocycles. The van der Waals surface area contributed by atoms with Crippen LogP contribution in [0, 0.1) is 17.7 Å². The Morgan fingerprint density at radius 3 is 2.34 bits per heavy atom. The first kappa shape index (κ1) is 21.5. The summed E-state index contributed by atoms with van der Waals surface area (Å²) >= 11 is 0. The highest BCUT2D eigenvalue weighted by Gasteiger charge is 2.38. The van der Waals surface area contributed by atoms with Gasteiger partial charge in [0.2, 0.25) is 0 Å². The molecule has 2 aliphatic heterocycles. The van der Waals surface area contributed by atoms with Crippen molar-refractivity contribution in [3.63, 3.8) is 0 Å². The summed E-state index contributed by atoms with van der Waals surface area (Å²) in [6.07, 6.45) is 0. The van der Waals surface area contributed by atoms with Gasteiger partial charge in [-0.15, -0.1) is 24.8 Å². The number of carbonyl (C=O) groups excluding carboxylic acids is 1. The molecule has 2 aromatic carbocycles. The van der Waals surface area contributed by atoms with Gasteiger partial charge in [-0.1, -0.05) is 18.2 Å². The van der Waals surface area contributed by atoms with Crippen molar-refractivity contribution >= 4 is 41.6 Å². The number of nitrogens with zero attached hydrogens (tertiary/aromatic N) is 2. The SMILES string of the molecule is Cl.Cl.O=C(c1cc(-c2ccc(F)cc2)nc2ccccc12)N1C[C@H]2CNC[C@H]2C1. The zero-order chi connectivity index (χ0) is 18.4. The van der Waals surface area contributed by atoms with Crippen LogP contribution >= 0.6 is 24.8 Å². The van der Waals surface area contributed by atoms with E-state index in [0.717, 1.165) is 42.6 Å². The zero-order valence-corrected chi connectivity index (χ0v) is 17.3. The first-order valence-corrected chi connectivity index (χ1v) is 9.35. The van der Waals surface area contributed by atoms with Crippen LogP contribution in [0.5, 0.6) is 0 Å². The van der Waals surface area contributed by atoms with Crippen LogP contribution < -0.4 is 5.32 Å². The predicted octanol–water partition coefficient (Wildman–Crippen LogP) is 4.18. The lowest BCUT2D eigenvalue weighted by molar-refractivity contribution is 0.0783. The average Bonchev–Trinajstić information content (AvgIpc) is 3.29. The number of pyridine rings is 1. The summed E-state index contributed by atoms with van der Waals surface area (Å²) in [4.78, 5) is 20.0. The van der Waals surface area contributed by atoms with E-state index in [2.05, 4.69) is 5.32 Å². The average molecular weight is 434 g/mol. The molecular formula is C22H22Cl2FN3O. The van der Waals surface area contributed by atoms with Crippen LogP contribution in [-0.4, -0.2) is 42.0 Å². The maximum atomic E-state index is 13.3. The van der Waals surface area contributed by atoms with Crippen molar-refractivity contribution in [3.05, 3.63) is 66.0 Å². The smallest absolute Gasteiger partial charge is 0.254 e. The minimum absolute atomic E-state index is 0. The minimum Gasteiger partial charge on any atom is -0.338 e. The van der Waals surface area contributed by atoms with Gasteiger partial charge in [-0.05, 0) is 48.2 Å². The lowest BCUT2D eigenvalue weighted by Gasteiger charge is -2.19. The van der Waals surface area contributed by atoms with Crippen molar-refractivity contribution < 1.29 is 9.18 Å². The van der Waals surface area contributed by atoms with E-state index < -0.39 is 0 Å². The van der Waals surface area contributed by atoms with Crippen LogP contribution in [0.25, 0.3) is 22.2 Å². The van der Waals surface area contributed by atoms with Crippen LogP contribution in [-0.2, 0) is 0 Å². The summed E-state index contributed by atoms with van der Waals surface area (Å²) in [6.45, 7) is 3.59. The number of rotatable bonds is 2. The van der Waals surface area contributed by atoms with Gasteiger partial charge in [0.15, 0.2) is 0 Å². The van der Waals surface area contributed by atoms with E-state index in [1.807, 2.05) is 35.2 Å². The summed E-state index contributed by atoms with van der Waals surface area (Å²) in [5.41, 5.74) is 2.95. The standard InChI is InChI=1S/C22H20FN3O.2ClH/c23-17-7-5-14(6-8-17)21-9-19(18-3-1-2-4-20(18)25-21)22(27)26-12-15-10-24-11-16(15)13-26;;/h1-9,15-16,24H,10-13H2;2*1H/t15-,16+;;. The van der Waals surface area contributed by atoms with Gasteiger partial charge in [0.1, 0.15) is 5.82 Å². The molecule has 152 valence electrons. The molecule has 1 aromatic heterocycles. The number of amides is 1. The Kier molecular flexibility index (Phi) is 6.42. The quantitative estimate of drug-likeness (QED) is 0.659. The van der Waals surface area contributed by atoms with E-state index >= 15 is 0 Å². The third kappa shape index (κ3) is 3.95. The van der Waals surface area contributed by atoms with Crippen molar-refractivity contribution in [3.8, 4) is 11.3 Å². The number of carbonyl (C=O) groups is 1. The third-order valence-corrected chi connectivity index (χ3v) is 5.76. The summed E-state index contributed by atoms with van der Waals surface area (Å²) < 4.78 is 13.3. The van der Waals surface area contributed by atoms with E-state index in [1.165, 1.54) is 12.1 Å². The molecule has 2 atom stereocenters. The van der Waals surface area contributed by atoms with Gasteiger partial charge < -0.3 is 10.2 Å². The minimum atomic E-state index is -0.284. The Balaban J connectivity index is 0.00000120. The molecule has 3 aromatic rings. The van der Waals surface area contributed by atoms with E-state index in [4.69, 9.17) is 4.98 Å². The molecule has 4 nitrogen and oxygen atoms in total. The summed E-state index contributed by atoms with van der Waals surface area (Å²) in [5, 5.41) is 4.27. The fraction of sp³-hybridized carbons (Fsp3) is 0.273. The molecule has 0 bridgehead atoms. The van der Waals surface area contributed by atoms with Crippen molar-refractivity contribution in [2.75, 3.05) is 26.2 Å². The van der Waals surface area contributed by atoms with Gasteiger partial charge in [0.25, 0.3) is 5.91 Å². The molecule has 1 amide bonds. The molecule has 0 spiro atoms. The van der Waals surface area contributed by atoms with E-state index in [-0.39, 0.29) is 36.5 Å². The molecule has 0 saturated carbocycles. The van der Waals surface area contributed by atoms with E-state index in [0.29, 0.717) is 23.1 Å². The Bertz CT molecular complexity index is 1020. The number of nitrogens with one attached hydrogen (secondary N) is 1. The zero-order valence-electron chi connectivity index (χ0n) is 15.7. The molecule has 0 radical (unpaired) electrons. The summed E-state index contributed by atoms with van der Waals surface area (Å²) in [6, 6.07) is 15.8. The fourth-order valence-corrected chi connectivity index (χ4v) is 4.31. The molecule has 2 aliphatic rings.